The predicted octanol–water partition coefficient (Wildman–Crippen LogP) is 4.39. The van der Waals surface area contributed by atoms with Crippen molar-refractivity contribution in [2.45, 2.75) is 46.3 Å². The lowest BCUT2D eigenvalue weighted by Crippen LogP contribution is -2.10. The summed E-state index contributed by atoms with van der Waals surface area (Å²) < 4.78 is 5.93. The zero-order valence-electron chi connectivity index (χ0n) is 12.7. The molecule has 0 radical (unpaired) electrons. The topological polar surface area (TPSA) is 35.2 Å². The molecule has 0 atom stereocenters. The molecule has 0 spiro atoms. The highest BCUT2D eigenvalue weighted by molar-refractivity contribution is 7.12. The maximum absolute atomic E-state index is 5.93. The van der Waals surface area contributed by atoms with E-state index in [0.717, 1.165) is 5.75 Å². The zero-order chi connectivity index (χ0) is 14.8. The lowest BCUT2D eigenvalue weighted by atomic mass is 9.87. The number of benzene rings is 1. The van der Waals surface area contributed by atoms with Crippen molar-refractivity contribution in [3.8, 4) is 5.75 Å². The van der Waals surface area contributed by atoms with E-state index in [2.05, 4.69) is 52.0 Å². The molecule has 0 bridgehead atoms. The van der Waals surface area contributed by atoms with Gasteiger partial charge in [0.25, 0.3) is 0 Å². The maximum atomic E-state index is 5.93. The first-order valence-electron chi connectivity index (χ1n) is 6.92. The standard InChI is InChI=1S/C17H23NOS/c1-12-13(8-16(10-18)20-12)11-19-15-7-5-6-14(9-15)17(2,3)4/h5-9H,10-11,18H2,1-4H3. The molecule has 0 amide bonds. The second-order valence-corrected chi connectivity index (χ2v) is 7.41. The van der Waals surface area contributed by atoms with E-state index in [1.807, 2.05) is 6.07 Å². The van der Waals surface area contributed by atoms with E-state index in [0.29, 0.717) is 13.2 Å². The number of thiophene rings is 1. The van der Waals surface area contributed by atoms with E-state index in [9.17, 15) is 0 Å². The molecule has 0 saturated carbocycles. The summed E-state index contributed by atoms with van der Waals surface area (Å²) in [5.74, 6) is 0.928. The molecule has 2 aromatic rings. The summed E-state index contributed by atoms with van der Waals surface area (Å²) in [6, 6.07) is 10.5. The molecule has 0 aliphatic rings. The van der Waals surface area contributed by atoms with Crippen LogP contribution in [-0.4, -0.2) is 0 Å². The van der Waals surface area contributed by atoms with E-state index < -0.39 is 0 Å². The molecule has 2 N–H and O–H groups in total. The molecule has 2 nitrogen and oxygen atoms in total. The molecule has 1 heterocycles. The summed E-state index contributed by atoms with van der Waals surface area (Å²) >= 11 is 1.75. The summed E-state index contributed by atoms with van der Waals surface area (Å²) in [5.41, 5.74) is 8.34. The van der Waals surface area contributed by atoms with Gasteiger partial charge in [0.15, 0.2) is 0 Å². The van der Waals surface area contributed by atoms with Gasteiger partial charge in [-0.2, -0.15) is 0 Å². The molecule has 1 aromatic heterocycles. The van der Waals surface area contributed by atoms with E-state index in [1.54, 1.807) is 11.3 Å². The summed E-state index contributed by atoms with van der Waals surface area (Å²) in [6.45, 7) is 9.96. The normalized spacial score (nSPS) is 11.7. The summed E-state index contributed by atoms with van der Waals surface area (Å²) in [5, 5.41) is 0. The monoisotopic (exact) mass is 289 g/mol. The zero-order valence-corrected chi connectivity index (χ0v) is 13.5. The van der Waals surface area contributed by atoms with Crippen LogP contribution in [-0.2, 0) is 18.6 Å². The third kappa shape index (κ3) is 3.62. The smallest absolute Gasteiger partial charge is 0.120 e. The molecule has 0 fully saturated rings. The van der Waals surface area contributed by atoms with Crippen LogP contribution in [0, 0.1) is 6.92 Å². The van der Waals surface area contributed by atoms with Crippen LogP contribution in [0.1, 0.15) is 41.7 Å². The Bertz CT molecular complexity index is 581. The van der Waals surface area contributed by atoms with Crippen LogP contribution in [0.2, 0.25) is 0 Å². The highest BCUT2D eigenvalue weighted by atomic mass is 32.1. The Morgan fingerprint density at radius 3 is 2.55 bits per heavy atom. The van der Waals surface area contributed by atoms with Crippen LogP contribution in [0.15, 0.2) is 30.3 Å². The molecule has 0 unspecified atom stereocenters. The number of ether oxygens (including phenoxy) is 1. The maximum Gasteiger partial charge on any atom is 0.120 e. The van der Waals surface area contributed by atoms with Gasteiger partial charge in [0.1, 0.15) is 12.4 Å². The first-order chi connectivity index (χ1) is 9.40. The molecule has 0 aliphatic carbocycles. The Hall–Kier alpha value is -1.32. The molecule has 20 heavy (non-hydrogen) atoms. The van der Waals surface area contributed by atoms with Crippen LogP contribution in [0.25, 0.3) is 0 Å². The van der Waals surface area contributed by atoms with Gasteiger partial charge in [-0.15, -0.1) is 11.3 Å². The first-order valence-corrected chi connectivity index (χ1v) is 7.73. The second kappa shape index (κ2) is 5.98. The van der Waals surface area contributed by atoms with E-state index in [4.69, 9.17) is 10.5 Å². The van der Waals surface area contributed by atoms with Crippen LogP contribution in [0.3, 0.4) is 0 Å². The Morgan fingerprint density at radius 2 is 1.95 bits per heavy atom. The lowest BCUT2D eigenvalue weighted by molar-refractivity contribution is 0.305. The molecule has 108 valence electrons. The van der Waals surface area contributed by atoms with Crippen molar-refractivity contribution >= 4 is 11.3 Å². The largest absolute Gasteiger partial charge is 0.489 e. The minimum atomic E-state index is 0.143. The molecule has 1 aromatic carbocycles. The van der Waals surface area contributed by atoms with Gasteiger partial charge in [-0.25, -0.2) is 0 Å². The third-order valence-corrected chi connectivity index (χ3v) is 4.48. The van der Waals surface area contributed by atoms with Crippen molar-refractivity contribution in [1.82, 2.24) is 0 Å². The SMILES string of the molecule is Cc1sc(CN)cc1COc1cccc(C(C)(C)C)c1. The predicted molar refractivity (Wildman–Crippen MR) is 86.4 cm³/mol. The van der Waals surface area contributed by atoms with Gasteiger partial charge < -0.3 is 10.5 Å². The van der Waals surface area contributed by atoms with Crippen LogP contribution < -0.4 is 10.5 Å². The summed E-state index contributed by atoms with van der Waals surface area (Å²) in [4.78, 5) is 2.50. The van der Waals surface area contributed by atoms with Gasteiger partial charge in [-0.05, 0) is 36.1 Å². The fourth-order valence-electron chi connectivity index (χ4n) is 2.04. The average Bonchev–Trinajstić information content (AvgIpc) is 2.76. The number of aryl methyl sites for hydroxylation is 1. The van der Waals surface area contributed by atoms with Gasteiger partial charge >= 0.3 is 0 Å². The first kappa shape index (κ1) is 15.1. The van der Waals surface area contributed by atoms with Gasteiger partial charge in [-0.1, -0.05) is 32.9 Å². The van der Waals surface area contributed by atoms with E-state index in [-0.39, 0.29) is 5.41 Å². The Balaban J connectivity index is 2.09. The molecular formula is C17H23NOS. The van der Waals surface area contributed by atoms with E-state index >= 15 is 0 Å². The van der Waals surface area contributed by atoms with Gasteiger partial charge in [0.2, 0.25) is 0 Å². The Labute approximate surface area is 125 Å². The van der Waals surface area contributed by atoms with Crippen LogP contribution in [0.5, 0.6) is 5.75 Å². The van der Waals surface area contributed by atoms with Crippen molar-refractivity contribution < 1.29 is 4.74 Å². The lowest BCUT2D eigenvalue weighted by Gasteiger charge is -2.19. The molecule has 2 rings (SSSR count). The number of hydrogen-bond donors (Lipinski definition) is 1. The van der Waals surface area contributed by atoms with E-state index in [1.165, 1.54) is 20.9 Å². The Kier molecular flexibility index (Phi) is 4.51. The molecule has 0 aliphatic heterocycles. The van der Waals surface area contributed by atoms with Crippen molar-refractivity contribution in [2.24, 2.45) is 5.73 Å². The van der Waals surface area contributed by atoms with Gasteiger partial charge in [0.05, 0.1) is 0 Å². The highest BCUT2D eigenvalue weighted by Gasteiger charge is 2.14. The number of rotatable bonds is 4. The Morgan fingerprint density at radius 1 is 1.20 bits per heavy atom. The van der Waals surface area contributed by atoms with Crippen LogP contribution >= 0.6 is 11.3 Å². The summed E-state index contributed by atoms with van der Waals surface area (Å²) in [6.07, 6.45) is 0. The van der Waals surface area contributed by atoms with Gasteiger partial charge in [-0.3, -0.25) is 0 Å². The average molecular weight is 289 g/mol. The molecule has 3 heteroatoms. The third-order valence-electron chi connectivity index (χ3n) is 3.37. The second-order valence-electron chi connectivity index (χ2n) is 6.06. The highest BCUT2D eigenvalue weighted by Crippen LogP contribution is 2.27. The molecule has 0 saturated heterocycles. The van der Waals surface area contributed by atoms with Crippen molar-refractivity contribution in [3.63, 3.8) is 0 Å². The van der Waals surface area contributed by atoms with Crippen molar-refractivity contribution in [3.05, 3.63) is 51.2 Å². The van der Waals surface area contributed by atoms with Crippen LogP contribution in [0.4, 0.5) is 0 Å². The molecular weight excluding hydrogens is 266 g/mol. The quantitative estimate of drug-likeness (QED) is 0.906. The number of hydrogen-bond acceptors (Lipinski definition) is 3. The fourth-order valence-corrected chi connectivity index (χ4v) is 2.97. The minimum absolute atomic E-state index is 0.143. The summed E-state index contributed by atoms with van der Waals surface area (Å²) in [7, 11) is 0. The van der Waals surface area contributed by atoms with Crippen molar-refractivity contribution in [2.75, 3.05) is 0 Å². The number of nitrogens with two attached hydrogens (primary N) is 1. The minimum Gasteiger partial charge on any atom is -0.489 e. The van der Waals surface area contributed by atoms with Gasteiger partial charge in [0, 0.05) is 21.9 Å². The van der Waals surface area contributed by atoms with Crippen molar-refractivity contribution in [1.29, 1.82) is 0 Å². The fraction of sp³-hybridized carbons (Fsp3) is 0.412.